The second kappa shape index (κ2) is 6.02. The van der Waals surface area contributed by atoms with E-state index in [1.165, 1.54) is 17.4 Å². The minimum absolute atomic E-state index is 0.0360. The summed E-state index contributed by atoms with van der Waals surface area (Å²) in [6.07, 6.45) is 0. The molecule has 2 rings (SSSR count). The molecule has 21 heavy (non-hydrogen) atoms. The SMILES string of the molecule is Cc1sc(NC(=O)c2cc(F)c(Cl)cc2Cl)c(C#N)c1C. The number of hydrogen-bond acceptors (Lipinski definition) is 3. The Morgan fingerprint density at radius 2 is 2.00 bits per heavy atom. The quantitative estimate of drug-likeness (QED) is 0.786. The van der Waals surface area contributed by atoms with Crippen molar-refractivity contribution in [3.8, 4) is 6.07 Å². The third-order valence-corrected chi connectivity index (χ3v) is 4.70. The first-order valence-electron chi connectivity index (χ1n) is 5.81. The van der Waals surface area contributed by atoms with Gasteiger partial charge in [-0.2, -0.15) is 5.26 Å². The normalized spacial score (nSPS) is 10.3. The number of anilines is 1. The van der Waals surface area contributed by atoms with E-state index in [1.54, 1.807) is 6.92 Å². The number of nitriles is 1. The highest BCUT2D eigenvalue weighted by Crippen LogP contribution is 2.33. The van der Waals surface area contributed by atoms with E-state index in [9.17, 15) is 9.18 Å². The first kappa shape index (κ1) is 15.8. The van der Waals surface area contributed by atoms with Crippen LogP contribution in [0, 0.1) is 31.0 Å². The standard InChI is InChI=1S/C14H9Cl2FN2OS/c1-6-7(2)21-14(9(6)5-18)19-13(20)8-3-12(17)11(16)4-10(8)15/h3-4H,1-2H3,(H,19,20). The summed E-state index contributed by atoms with van der Waals surface area (Å²) >= 11 is 12.8. The molecule has 0 saturated carbocycles. The van der Waals surface area contributed by atoms with E-state index in [4.69, 9.17) is 28.5 Å². The third-order valence-electron chi connectivity index (χ3n) is 2.98. The van der Waals surface area contributed by atoms with Crippen LogP contribution in [-0.4, -0.2) is 5.91 Å². The van der Waals surface area contributed by atoms with Crippen LogP contribution in [0.1, 0.15) is 26.4 Å². The van der Waals surface area contributed by atoms with E-state index in [-0.39, 0.29) is 15.6 Å². The molecule has 1 heterocycles. The van der Waals surface area contributed by atoms with Gasteiger partial charge < -0.3 is 5.32 Å². The van der Waals surface area contributed by atoms with Gasteiger partial charge in [-0.1, -0.05) is 23.2 Å². The van der Waals surface area contributed by atoms with Crippen molar-refractivity contribution in [2.45, 2.75) is 13.8 Å². The van der Waals surface area contributed by atoms with E-state index in [2.05, 4.69) is 5.32 Å². The van der Waals surface area contributed by atoms with Crippen LogP contribution in [0.25, 0.3) is 0 Å². The Kier molecular flexibility index (Phi) is 4.52. The molecule has 0 saturated heterocycles. The molecule has 3 nitrogen and oxygen atoms in total. The molecule has 0 aliphatic carbocycles. The summed E-state index contributed by atoms with van der Waals surface area (Å²) in [6.45, 7) is 3.65. The van der Waals surface area contributed by atoms with Gasteiger partial charge in [0.2, 0.25) is 0 Å². The average molecular weight is 343 g/mol. The van der Waals surface area contributed by atoms with Gasteiger partial charge in [-0.15, -0.1) is 11.3 Å². The van der Waals surface area contributed by atoms with Crippen LogP contribution in [0.2, 0.25) is 10.0 Å². The van der Waals surface area contributed by atoms with Crippen LogP contribution in [0.15, 0.2) is 12.1 Å². The largest absolute Gasteiger partial charge is 0.312 e. The number of nitrogens with one attached hydrogen (secondary N) is 1. The summed E-state index contributed by atoms with van der Waals surface area (Å²) in [7, 11) is 0. The van der Waals surface area contributed by atoms with E-state index < -0.39 is 11.7 Å². The highest BCUT2D eigenvalue weighted by atomic mass is 35.5. The molecule has 2 aromatic rings. The number of benzene rings is 1. The minimum atomic E-state index is -0.731. The fourth-order valence-electron chi connectivity index (χ4n) is 1.72. The molecule has 1 aromatic carbocycles. The molecular formula is C14H9Cl2FN2OS. The van der Waals surface area contributed by atoms with Gasteiger partial charge in [0.15, 0.2) is 0 Å². The van der Waals surface area contributed by atoms with Gasteiger partial charge in [-0.25, -0.2) is 4.39 Å². The Morgan fingerprint density at radius 3 is 2.62 bits per heavy atom. The maximum Gasteiger partial charge on any atom is 0.257 e. The monoisotopic (exact) mass is 342 g/mol. The summed E-state index contributed by atoms with van der Waals surface area (Å²) in [5.74, 6) is -1.32. The number of carbonyl (C=O) groups excluding carboxylic acids is 1. The van der Waals surface area contributed by atoms with Gasteiger partial charge in [0.25, 0.3) is 5.91 Å². The molecule has 1 N–H and O–H groups in total. The highest BCUT2D eigenvalue weighted by Gasteiger charge is 2.18. The number of rotatable bonds is 2. The Bertz CT molecular complexity index is 780. The number of aryl methyl sites for hydroxylation is 1. The van der Waals surface area contributed by atoms with Crippen LogP contribution in [-0.2, 0) is 0 Å². The van der Waals surface area contributed by atoms with Crippen molar-refractivity contribution in [2.75, 3.05) is 5.32 Å². The zero-order valence-corrected chi connectivity index (χ0v) is 13.4. The molecular weight excluding hydrogens is 334 g/mol. The Labute approximate surface area is 134 Å². The van der Waals surface area contributed by atoms with Gasteiger partial charge in [0.1, 0.15) is 16.9 Å². The Hall–Kier alpha value is -1.61. The number of nitrogens with zero attached hydrogens (tertiary/aromatic N) is 1. The number of amides is 1. The summed E-state index contributed by atoms with van der Waals surface area (Å²) in [5, 5.41) is 12.0. The molecule has 0 spiro atoms. The molecule has 0 bridgehead atoms. The topological polar surface area (TPSA) is 52.9 Å². The van der Waals surface area contributed by atoms with Gasteiger partial charge in [0.05, 0.1) is 21.2 Å². The smallest absolute Gasteiger partial charge is 0.257 e. The second-order valence-electron chi connectivity index (χ2n) is 4.30. The summed E-state index contributed by atoms with van der Waals surface area (Å²) < 4.78 is 13.5. The Morgan fingerprint density at radius 1 is 1.33 bits per heavy atom. The van der Waals surface area contributed by atoms with Crippen molar-refractivity contribution < 1.29 is 9.18 Å². The molecule has 7 heteroatoms. The molecule has 0 radical (unpaired) electrons. The van der Waals surface area contributed by atoms with Crippen molar-refractivity contribution in [3.05, 3.63) is 49.6 Å². The molecule has 108 valence electrons. The number of halogens is 3. The summed E-state index contributed by atoms with van der Waals surface area (Å²) in [4.78, 5) is 13.1. The predicted molar refractivity (Wildman–Crippen MR) is 82.9 cm³/mol. The third kappa shape index (κ3) is 3.03. The lowest BCUT2D eigenvalue weighted by molar-refractivity contribution is 0.102. The van der Waals surface area contributed by atoms with E-state index in [0.717, 1.165) is 16.5 Å². The van der Waals surface area contributed by atoms with Crippen LogP contribution < -0.4 is 5.32 Å². The van der Waals surface area contributed by atoms with Crippen molar-refractivity contribution >= 4 is 45.4 Å². The van der Waals surface area contributed by atoms with Crippen LogP contribution >= 0.6 is 34.5 Å². The zero-order valence-electron chi connectivity index (χ0n) is 11.1. The fraction of sp³-hybridized carbons (Fsp3) is 0.143. The van der Waals surface area contributed by atoms with Crippen molar-refractivity contribution in [3.63, 3.8) is 0 Å². The van der Waals surface area contributed by atoms with Gasteiger partial charge in [0, 0.05) is 4.88 Å². The Balaban J connectivity index is 2.38. The molecule has 1 amide bonds. The van der Waals surface area contributed by atoms with Gasteiger partial charge in [-0.3, -0.25) is 4.79 Å². The average Bonchev–Trinajstić information content (AvgIpc) is 2.68. The summed E-state index contributed by atoms with van der Waals surface area (Å²) in [6, 6.07) is 4.19. The lowest BCUT2D eigenvalue weighted by Crippen LogP contribution is -2.12. The first-order chi connectivity index (χ1) is 9.85. The molecule has 0 aliphatic rings. The molecule has 0 aliphatic heterocycles. The number of carbonyl (C=O) groups is 1. The van der Waals surface area contributed by atoms with Crippen molar-refractivity contribution in [1.82, 2.24) is 0 Å². The molecule has 1 aromatic heterocycles. The molecule has 0 unspecified atom stereocenters. The lowest BCUT2D eigenvalue weighted by Gasteiger charge is -2.06. The van der Waals surface area contributed by atoms with Gasteiger partial charge >= 0.3 is 0 Å². The van der Waals surface area contributed by atoms with Gasteiger partial charge in [-0.05, 0) is 31.5 Å². The highest BCUT2D eigenvalue weighted by molar-refractivity contribution is 7.16. The lowest BCUT2D eigenvalue weighted by atomic mass is 10.1. The van der Waals surface area contributed by atoms with E-state index >= 15 is 0 Å². The van der Waals surface area contributed by atoms with Crippen LogP contribution in [0.5, 0.6) is 0 Å². The number of hydrogen-bond donors (Lipinski definition) is 1. The first-order valence-corrected chi connectivity index (χ1v) is 7.38. The predicted octanol–water partition coefficient (Wildman–Crippen LogP) is 4.93. The summed E-state index contributed by atoms with van der Waals surface area (Å²) in [5.41, 5.74) is 1.17. The maximum atomic E-state index is 13.5. The molecule has 0 atom stereocenters. The number of thiophene rings is 1. The second-order valence-corrected chi connectivity index (χ2v) is 6.34. The van der Waals surface area contributed by atoms with Crippen LogP contribution in [0.4, 0.5) is 9.39 Å². The maximum absolute atomic E-state index is 13.5. The fourth-order valence-corrected chi connectivity index (χ4v) is 3.19. The minimum Gasteiger partial charge on any atom is -0.312 e. The van der Waals surface area contributed by atoms with E-state index in [1.807, 2.05) is 13.0 Å². The zero-order chi connectivity index (χ0) is 15.7. The molecule has 0 fully saturated rings. The van der Waals surface area contributed by atoms with E-state index in [0.29, 0.717) is 10.6 Å². The van der Waals surface area contributed by atoms with Crippen LogP contribution in [0.3, 0.4) is 0 Å². The van der Waals surface area contributed by atoms with Crippen molar-refractivity contribution in [1.29, 1.82) is 5.26 Å². The van der Waals surface area contributed by atoms with Crippen molar-refractivity contribution in [2.24, 2.45) is 0 Å².